The average molecular weight is 273 g/mol. The van der Waals surface area contributed by atoms with E-state index in [2.05, 4.69) is 37.7 Å². The second kappa shape index (κ2) is 7.22. The van der Waals surface area contributed by atoms with Crippen molar-refractivity contribution in [1.82, 2.24) is 5.32 Å². The van der Waals surface area contributed by atoms with Crippen LogP contribution in [-0.2, 0) is 0 Å². The predicted molar refractivity (Wildman–Crippen MR) is 88.2 cm³/mol. The maximum atomic E-state index is 7.88. The monoisotopic (exact) mass is 273 g/mol. The lowest BCUT2D eigenvalue weighted by molar-refractivity contribution is 0.524. The van der Waals surface area contributed by atoms with Gasteiger partial charge in [-0.1, -0.05) is 39.0 Å². The lowest BCUT2D eigenvalue weighted by Crippen LogP contribution is -2.36. The molecule has 0 fully saturated rings. The normalized spacial score (nSPS) is 22.9. The number of rotatable bonds is 5. The molecule has 0 aromatic rings. The molecule has 0 amide bonds. The molecule has 2 unspecified atom stereocenters. The zero-order valence-electron chi connectivity index (χ0n) is 13.4. The zero-order valence-corrected chi connectivity index (χ0v) is 13.4. The first kappa shape index (κ1) is 16.4. The van der Waals surface area contributed by atoms with Gasteiger partial charge in [0.1, 0.15) is 5.84 Å². The van der Waals surface area contributed by atoms with Gasteiger partial charge in [-0.25, -0.2) is 4.99 Å². The van der Waals surface area contributed by atoms with E-state index in [9.17, 15) is 0 Å². The quantitative estimate of drug-likeness (QED) is 0.564. The van der Waals surface area contributed by atoms with Gasteiger partial charge in [0, 0.05) is 12.1 Å². The molecule has 1 aliphatic heterocycles. The van der Waals surface area contributed by atoms with Gasteiger partial charge >= 0.3 is 0 Å². The Labute approximate surface area is 123 Å². The van der Waals surface area contributed by atoms with Crippen LogP contribution < -0.4 is 5.32 Å². The highest BCUT2D eigenvalue weighted by Crippen LogP contribution is 2.27. The van der Waals surface area contributed by atoms with Crippen LogP contribution in [0.1, 0.15) is 47.5 Å². The Kier molecular flexibility index (Phi) is 5.93. The SMILES string of the molecule is C=C(C)C/C=C(/NC1=NC=C(CC)C(C)C1C)C(C)=N. The van der Waals surface area contributed by atoms with Gasteiger partial charge in [-0.05, 0) is 38.2 Å². The van der Waals surface area contributed by atoms with Gasteiger partial charge in [-0.15, -0.1) is 0 Å². The fraction of sp³-hybridized carbons (Fsp3) is 0.529. The highest BCUT2D eigenvalue weighted by Gasteiger charge is 2.24. The summed E-state index contributed by atoms with van der Waals surface area (Å²) in [5.41, 5.74) is 3.84. The molecule has 3 heteroatoms. The van der Waals surface area contributed by atoms with E-state index >= 15 is 0 Å². The van der Waals surface area contributed by atoms with Crippen LogP contribution in [0.5, 0.6) is 0 Å². The third kappa shape index (κ3) is 4.19. The first-order valence-electron chi connectivity index (χ1n) is 7.30. The molecule has 1 heterocycles. The molecule has 0 aromatic heterocycles. The molecule has 0 bridgehead atoms. The number of allylic oxidation sites excluding steroid dienone is 4. The van der Waals surface area contributed by atoms with Crippen molar-refractivity contribution in [2.24, 2.45) is 16.8 Å². The minimum atomic E-state index is 0.350. The van der Waals surface area contributed by atoms with Gasteiger partial charge in [0.05, 0.1) is 11.4 Å². The third-order valence-electron chi connectivity index (χ3n) is 3.87. The third-order valence-corrected chi connectivity index (χ3v) is 3.87. The Bertz CT molecular complexity index is 480. The van der Waals surface area contributed by atoms with E-state index < -0.39 is 0 Å². The molecule has 0 spiro atoms. The van der Waals surface area contributed by atoms with E-state index in [1.165, 1.54) is 5.57 Å². The smallest absolute Gasteiger partial charge is 0.109 e. The minimum Gasteiger partial charge on any atom is -0.342 e. The Balaban J connectivity index is 2.92. The second-order valence-corrected chi connectivity index (χ2v) is 5.68. The van der Waals surface area contributed by atoms with Crippen LogP contribution in [0, 0.1) is 17.2 Å². The van der Waals surface area contributed by atoms with Crippen molar-refractivity contribution < 1.29 is 0 Å². The van der Waals surface area contributed by atoms with Crippen molar-refractivity contribution in [3.8, 4) is 0 Å². The highest BCUT2D eigenvalue weighted by molar-refractivity contribution is 6.01. The Hall–Kier alpha value is -1.64. The summed E-state index contributed by atoms with van der Waals surface area (Å²) in [6, 6.07) is 0. The van der Waals surface area contributed by atoms with E-state index in [1.54, 1.807) is 6.92 Å². The predicted octanol–water partition coefficient (Wildman–Crippen LogP) is 4.44. The van der Waals surface area contributed by atoms with Gasteiger partial charge in [-0.2, -0.15) is 0 Å². The van der Waals surface area contributed by atoms with Crippen molar-refractivity contribution in [1.29, 1.82) is 5.41 Å². The van der Waals surface area contributed by atoms with Crippen LogP contribution >= 0.6 is 0 Å². The lowest BCUT2D eigenvalue weighted by Gasteiger charge is -2.28. The maximum absolute atomic E-state index is 7.88. The summed E-state index contributed by atoms with van der Waals surface area (Å²) in [4.78, 5) is 4.55. The Morgan fingerprint density at radius 3 is 2.55 bits per heavy atom. The molecule has 20 heavy (non-hydrogen) atoms. The van der Waals surface area contributed by atoms with E-state index in [-0.39, 0.29) is 0 Å². The fourth-order valence-corrected chi connectivity index (χ4v) is 2.22. The molecular weight excluding hydrogens is 246 g/mol. The second-order valence-electron chi connectivity index (χ2n) is 5.68. The number of nitrogens with zero attached hydrogens (tertiary/aromatic N) is 1. The van der Waals surface area contributed by atoms with E-state index in [0.717, 1.165) is 29.9 Å². The Morgan fingerprint density at radius 2 is 2.05 bits per heavy atom. The number of aliphatic imine (C=N–C) groups is 1. The number of amidine groups is 1. The molecule has 0 saturated heterocycles. The molecule has 2 atom stereocenters. The summed E-state index contributed by atoms with van der Waals surface area (Å²) in [5.74, 6) is 1.80. The molecule has 0 aliphatic carbocycles. The van der Waals surface area contributed by atoms with Gasteiger partial charge in [0.25, 0.3) is 0 Å². The van der Waals surface area contributed by atoms with Crippen molar-refractivity contribution in [2.45, 2.75) is 47.5 Å². The van der Waals surface area contributed by atoms with Crippen LogP contribution in [0.15, 0.2) is 40.7 Å². The van der Waals surface area contributed by atoms with Crippen LogP contribution in [-0.4, -0.2) is 11.5 Å². The molecule has 0 saturated carbocycles. The van der Waals surface area contributed by atoms with Crippen molar-refractivity contribution in [3.05, 3.63) is 35.7 Å². The first-order chi connectivity index (χ1) is 9.36. The fourth-order valence-electron chi connectivity index (χ4n) is 2.22. The summed E-state index contributed by atoms with van der Waals surface area (Å²) in [6.07, 6.45) is 5.82. The minimum absolute atomic E-state index is 0.350. The molecular formula is C17H27N3. The van der Waals surface area contributed by atoms with Crippen LogP contribution in [0.3, 0.4) is 0 Å². The topological polar surface area (TPSA) is 48.2 Å². The van der Waals surface area contributed by atoms with Crippen molar-refractivity contribution in [3.63, 3.8) is 0 Å². The highest BCUT2D eigenvalue weighted by atomic mass is 15.0. The average Bonchev–Trinajstić information content (AvgIpc) is 2.38. The number of hydrogen-bond donors (Lipinski definition) is 2. The maximum Gasteiger partial charge on any atom is 0.109 e. The number of nitrogens with one attached hydrogen (secondary N) is 2. The van der Waals surface area contributed by atoms with E-state index in [4.69, 9.17) is 5.41 Å². The van der Waals surface area contributed by atoms with Gasteiger partial charge < -0.3 is 10.7 Å². The van der Waals surface area contributed by atoms with Crippen molar-refractivity contribution in [2.75, 3.05) is 0 Å². The first-order valence-corrected chi connectivity index (χ1v) is 7.30. The summed E-state index contributed by atoms with van der Waals surface area (Å²) in [5, 5.41) is 11.2. The molecule has 0 aromatic carbocycles. The van der Waals surface area contributed by atoms with Crippen molar-refractivity contribution >= 4 is 11.5 Å². The zero-order chi connectivity index (χ0) is 15.3. The van der Waals surface area contributed by atoms with Crippen LogP contribution in [0.2, 0.25) is 0 Å². The molecule has 110 valence electrons. The summed E-state index contributed by atoms with van der Waals surface area (Å²) in [7, 11) is 0. The standard InChI is InChI=1S/C17H27N3/c1-7-15-10-19-17(13(5)12(15)4)20-16(14(6)18)9-8-11(2)3/h9-10,12-13,18H,2,7-8H2,1,3-6H3,(H,19,20)/b16-9+,18-14?. The van der Waals surface area contributed by atoms with Gasteiger partial charge in [0.2, 0.25) is 0 Å². The largest absolute Gasteiger partial charge is 0.342 e. The summed E-state index contributed by atoms with van der Waals surface area (Å²) < 4.78 is 0. The van der Waals surface area contributed by atoms with Crippen LogP contribution in [0.4, 0.5) is 0 Å². The molecule has 1 aliphatic rings. The summed E-state index contributed by atoms with van der Waals surface area (Å²) in [6.45, 7) is 14.3. The molecule has 0 radical (unpaired) electrons. The van der Waals surface area contributed by atoms with Gasteiger partial charge in [0.15, 0.2) is 0 Å². The molecule has 1 rings (SSSR count). The number of hydrogen-bond acceptors (Lipinski definition) is 3. The van der Waals surface area contributed by atoms with Gasteiger partial charge in [-0.3, -0.25) is 0 Å². The van der Waals surface area contributed by atoms with E-state index in [0.29, 0.717) is 17.5 Å². The lowest BCUT2D eigenvalue weighted by atomic mass is 9.85. The van der Waals surface area contributed by atoms with E-state index in [1.807, 2.05) is 19.2 Å². The molecule has 3 nitrogen and oxygen atoms in total. The molecule has 2 N–H and O–H groups in total. The van der Waals surface area contributed by atoms with Crippen LogP contribution in [0.25, 0.3) is 0 Å². The Morgan fingerprint density at radius 1 is 1.40 bits per heavy atom. The summed E-state index contributed by atoms with van der Waals surface area (Å²) >= 11 is 0.